The molecule has 1 aromatic rings. The Bertz CT molecular complexity index is 835. The molecular formula is C31H53N3O4. The SMILES string of the molecule is CCCCCCCCN(C(=O)C(NC(=O)OC(C)(C)C)C(C)C)C(C(=O)NC(C)CCC)c1ccccc1. The summed E-state index contributed by atoms with van der Waals surface area (Å²) in [4.78, 5) is 42.2. The maximum absolute atomic E-state index is 14.2. The Morgan fingerprint density at radius 2 is 1.47 bits per heavy atom. The third kappa shape index (κ3) is 12.3. The second-order valence-corrected chi connectivity index (χ2v) is 11.7. The Morgan fingerprint density at radius 1 is 0.868 bits per heavy atom. The van der Waals surface area contributed by atoms with Crippen LogP contribution in [0.25, 0.3) is 0 Å². The quantitative estimate of drug-likeness (QED) is 0.230. The first-order valence-electron chi connectivity index (χ1n) is 14.6. The summed E-state index contributed by atoms with van der Waals surface area (Å²) in [7, 11) is 0. The van der Waals surface area contributed by atoms with E-state index >= 15 is 0 Å². The van der Waals surface area contributed by atoms with Gasteiger partial charge in [0.15, 0.2) is 0 Å². The van der Waals surface area contributed by atoms with Crippen molar-refractivity contribution >= 4 is 17.9 Å². The van der Waals surface area contributed by atoms with E-state index in [1.54, 1.807) is 25.7 Å². The summed E-state index contributed by atoms with van der Waals surface area (Å²) in [5.74, 6) is -0.664. The summed E-state index contributed by atoms with van der Waals surface area (Å²) in [6, 6.07) is 7.83. The van der Waals surface area contributed by atoms with Gasteiger partial charge in [-0.15, -0.1) is 0 Å². The predicted molar refractivity (Wildman–Crippen MR) is 155 cm³/mol. The molecule has 0 aromatic heterocycles. The first-order chi connectivity index (χ1) is 17.9. The normalized spacial score (nSPS) is 13.9. The van der Waals surface area contributed by atoms with Crippen LogP contribution in [0.3, 0.4) is 0 Å². The zero-order valence-electron chi connectivity index (χ0n) is 25.1. The fraction of sp³-hybridized carbons (Fsp3) is 0.710. The van der Waals surface area contributed by atoms with Crippen molar-refractivity contribution in [3.63, 3.8) is 0 Å². The third-order valence-electron chi connectivity index (χ3n) is 6.43. The zero-order valence-corrected chi connectivity index (χ0v) is 25.1. The molecular weight excluding hydrogens is 478 g/mol. The van der Waals surface area contributed by atoms with Crippen LogP contribution in [0, 0.1) is 5.92 Å². The molecule has 3 unspecified atom stereocenters. The third-order valence-corrected chi connectivity index (χ3v) is 6.43. The molecule has 0 aliphatic carbocycles. The van der Waals surface area contributed by atoms with Gasteiger partial charge in [0.25, 0.3) is 0 Å². The molecule has 0 heterocycles. The molecule has 2 N–H and O–H groups in total. The minimum absolute atomic E-state index is 0.00880. The average molecular weight is 532 g/mol. The molecule has 3 atom stereocenters. The van der Waals surface area contributed by atoms with Crippen LogP contribution < -0.4 is 10.6 Å². The fourth-order valence-corrected chi connectivity index (χ4v) is 4.49. The lowest BCUT2D eigenvalue weighted by atomic mass is 9.98. The van der Waals surface area contributed by atoms with Crippen LogP contribution in [0.5, 0.6) is 0 Å². The van der Waals surface area contributed by atoms with Crippen molar-refractivity contribution in [1.29, 1.82) is 0 Å². The van der Waals surface area contributed by atoms with Crippen molar-refractivity contribution in [2.24, 2.45) is 5.92 Å². The topological polar surface area (TPSA) is 87.7 Å². The van der Waals surface area contributed by atoms with Gasteiger partial charge in [0.1, 0.15) is 17.7 Å². The number of nitrogens with zero attached hydrogens (tertiary/aromatic N) is 1. The maximum atomic E-state index is 14.2. The number of nitrogens with one attached hydrogen (secondary N) is 2. The summed E-state index contributed by atoms with van der Waals surface area (Å²) in [5.41, 5.74) is 0.0714. The van der Waals surface area contributed by atoms with Gasteiger partial charge in [-0.3, -0.25) is 9.59 Å². The number of ether oxygens (including phenoxy) is 1. The fourth-order valence-electron chi connectivity index (χ4n) is 4.49. The van der Waals surface area contributed by atoms with Gasteiger partial charge in [-0.25, -0.2) is 4.79 Å². The van der Waals surface area contributed by atoms with E-state index in [1.807, 2.05) is 51.1 Å². The Kier molecular flexibility index (Phi) is 15.1. The zero-order chi connectivity index (χ0) is 28.7. The second-order valence-electron chi connectivity index (χ2n) is 11.7. The minimum atomic E-state index is -0.822. The lowest BCUT2D eigenvalue weighted by molar-refractivity contribution is -0.143. The van der Waals surface area contributed by atoms with Gasteiger partial charge in [-0.05, 0) is 52.0 Å². The van der Waals surface area contributed by atoms with Crippen molar-refractivity contribution in [2.75, 3.05) is 6.54 Å². The molecule has 0 aliphatic heterocycles. The Hall–Kier alpha value is -2.57. The van der Waals surface area contributed by atoms with E-state index in [1.165, 1.54) is 12.8 Å². The lowest BCUT2D eigenvalue weighted by Gasteiger charge is -2.36. The van der Waals surface area contributed by atoms with E-state index in [-0.39, 0.29) is 23.8 Å². The van der Waals surface area contributed by atoms with Crippen molar-refractivity contribution in [3.8, 4) is 0 Å². The highest BCUT2D eigenvalue weighted by Gasteiger charge is 2.37. The molecule has 0 saturated carbocycles. The van der Waals surface area contributed by atoms with Crippen molar-refractivity contribution in [3.05, 3.63) is 35.9 Å². The van der Waals surface area contributed by atoms with E-state index in [9.17, 15) is 14.4 Å². The highest BCUT2D eigenvalue weighted by Crippen LogP contribution is 2.25. The summed E-state index contributed by atoms with van der Waals surface area (Å²) >= 11 is 0. The summed E-state index contributed by atoms with van der Waals surface area (Å²) < 4.78 is 5.46. The number of amides is 3. The number of rotatable bonds is 16. The standard InChI is InChI=1S/C31H53N3O4/c1-9-11-12-13-14-18-22-34(29(36)26(23(3)4)33-30(37)38-31(6,7)8)27(25-20-16-15-17-21-25)28(35)32-24(5)19-10-2/h15-17,20-21,23-24,26-27H,9-14,18-19,22H2,1-8H3,(H,32,35)(H,33,37). The molecule has 0 aliphatic rings. The predicted octanol–water partition coefficient (Wildman–Crippen LogP) is 6.77. The number of hydrogen-bond donors (Lipinski definition) is 2. The average Bonchev–Trinajstić information content (AvgIpc) is 2.82. The molecule has 0 radical (unpaired) electrons. The number of unbranched alkanes of at least 4 members (excludes halogenated alkanes) is 5. The van der Waals surface area contributed by atoms with Gasteiger partial charge in [0.05, 0.1) is 0 Å². The van der Waals surface area contributed by atoms with Crippen LogP contribution >= 0.6 is 0 Å². The van der Waals surface area contributed by atoms with E-state index in [0.717, 1.165) is 44.1 Å². The highest BCUT2D eigenvalue weighted by molar-refractivity contribution is 5.92. The van der Waals surface area contributed by atoms with Gasteiger partial charge in [0.2, 0.25) is 11.8 Å². The van der Waals surface area contributed by atoms with Gasteiger partial charge >= 0.3 is 6.09 Å². The summed E-state index contributed by atoms with van der Waals surface area (Å²) in [6.07, 6.45) is 7.55. The number of alkyl carbamates (subject to hydrolysis) is 1. The van der Waals surface area contributed by atoms with Crippen LogP contribution in [0.15, 0.2) is 30.3 Å². The molecule has 1 aromatic carbocycles. The Labute approximate surface area is 231 Å². The first kappa shape index (κ1) is 33.5. The molecule has 38 heavy (non-hydrogen) atoms. The van der Waals surface area contributed by atoms with Gasteiger partial charge in [0, 0.05) is 12.6 Å². The molecule has 216 valence electrons. The van der Waals surface area contributed by atoms with Crippen LogP contribution in [-0.2, 0) is 14.3 Å². The first-order valence-corrected chi connectivity index (χ1v) is 14.6. The molecule has 0 fully saturated rings. The largest absolute Gasteiger partial charge is 0.444 e. The highest BCUT2D eigenvalue weighted by atomic mass is 16.6. The number of benzene rings is 1. The van der Waals surface area contributed by atoms with Crippen molar-refractivity contribution in [1.82, 2.24) is 15.5 Å². The molecule has 7 heteroatoms. The Morgan fingerprint density at radius 3 is 2.03 bits per heavy atom. The molecule has 1 rings (SSSR count). The van der Waals surface area contributed by atoms with Crippen LogP contribution in [-0.4, -0.2) is 47.0 Å². The summed E-state index contributed by atoms with van der Waals surface area (Å²) in [6.45, 7) is 15.8. The molecule has 0 spiro atoms. The van der Waals surface area contributed by atoms with Gasteiger partial charge in [-0.2, -0.15) is 0 Å². The summed E-state index contributed by atoms with van der Waals surface area (Å²) in [5, 5.41) is 5.92. The van der Waals surface area contributed by atoms with E-state index in [2.05, 4.69) is 24.5 Å². The number of hydrogen-bond acceptors (Lipinski definition) is 4. The Balaban J connectivity index is 3.35. The lowest BCUT2D eigenvalue weighted by Crippen LogP contribution is -2.55. The molecule has 0 bridgehead atoms. The van der Waals surface area contributed by atoms with E-state index < -0.39 is 23.8 Å². The van der Waals surface area contributed by atoms with Crippen molar-refractivity contribution in [2.45, 2.75) is 130 Å². The smallest absolute Gasteiger partial charge is 0.408 e. The van der Waals surface area contributed by atoms with E-state index in [0.29, 0.717) is 6.54 Å². The van der Waals surface area contributed by atoms with Crippen LogP contribution in [0.2, 0.25) is 0 Å². The van der Waals surface area contributed by atoms with Crippen LogP contribution in [0.4, 0.5) is 4.79 Å². The number of carbonyl (C=O) groups excluding carboxylic acids is 3. The molecule has 7 nitrogen and oxygen atoms in total. The molecule has 3 amide bonds. The van der Waals surface area contributed by atoms with Gasteiger partial charge < -0.3 is 20.3 Å². The van der Waals surface area contributed by atoms with Gasteiger partial charge in [-0.1, -0.05) is 96.6 Å². The molecule has 0 saturated heterocycles. The van der Waals surface area contributed by atoms with Crippen LogP contribution in [0.1, 0.15) is 118 Å². The minimum Gasteiger partial charge on any atom is -0.444 e. The van der Waals surface area contributed by atoms with E-state index in [4.69, 9.17) is 4.74 Å². The number of carbonyl (C=O) groups is 3. The van der Waals surface area contributed by atoms with Crippen molar-refractivity contribution < 1.29 is 19.1 Å². The second kappa shape index (κ2) is 17.1. The maximum Gasteiger partial charge on any atom is 0.408 e. The monoisotopic (exact) mass is 531 g/mol.